The predicted molar refractivity (Wildman–Crippen MR) is 120 cm³/mol. The Kier molecular flexibility index (Phi) is 6.59. The van der Waals surface area contributed by atoms with E-state index in [-0.39, 0.29) is 12.7 Å². The lowest BCUT2D eigenvalue weighted by atomic mass is 10.1. The molecular weight excluding hydrogens is 438 g/mol. The lowest BCUT2D eigenvalue weighted by Crippen LogP contribution is -2.37. The summed E-state index contributed by atoms with van der Waals surface area (Å²) in [6, 6.07) is 5.63. The molecule has 0 radical (unpaired) electrons. The minimum Gasteiger partial charge on any atom is -0.489 e. The average Bonchev–Trinajstić information content (AvgIpc) is 3.34. The summed E-state index contributed by atoms with van der Waals surface area (Å²) >= 11 is 7.83. The molecule has 0 amide bonds. The molecular formula is C21H26ClN5O3S. The van der Waals surface area contributed by atoms with Crippen LogP contribution in [0, 0.1) is 6.92 Å². The minimum absolute atomic E-state index is 0.0492. The maximum atomic E-state index is 9.75. The zero-order chi connectivity index (χ0) is 22.1. The van der Waals surface area contributed by atoms with Gasteiger partial charge in [-0.2, -0.15) is 5.10 Å². The van der Waals surface area contributed by atoms with Gasteiger partial charge in [0.2, 0.25) is 5.13 Å². The fourth-order valence-electron chi connectivity index (χ4n) is 3.66. The molecule has 2 N–H and O–H groups in total. The summed E-state index contributed by atoms with van der Waals surface area (Å²) in [6.07, 6.45) is 0.111. The zero-order valence-corrected chi connectivity index (χ0v) is 19.3. The summed E-state index contributed by atoms with van der Waals surface area (Å²) in [6.45, 7) is 7.64. The molecule has 0 spiro atoms. The van der Waals surface area contributed by atoms with Crippen molar-refractivity contribution in [2.45, 2.75) is 45.9 Å². The van der Waals surface area contributed by atoms with Gasteiger partial charge in [0.05, 0.1) is 29.5 Å². The number of fused-ring (bicyclic) bond motifs is 1. The number of ether oxygens (including phenoxy) is 1. The van der Waals surface area contributed by atoms with E-state index in [0.29, 0.717) is 29.0 Å². The number of rotatable bonds is 7. The number of nitrogens with zero attached hydrogens (tertiary/aromatic N) is 5. The van der Waals surface area contributed by atoms with Gasteiger partial charge in [-0.25, -0.2) is 4.68 Å². The van der Waals surface area contributed by atoms with Crippen molar-refractivity contribution >= 4 is 22.9 Å². The Hall–Kier alpha value is -2.04. The molecule has 4 rings (SSSR count). The van der Waals surface area contributed by atoms with Gasteiger partial charge >= 0.3 is 0 Å². The Balaban J connectivity index is 1.56. The second-order valence-corrected chi connectivity index (χ2v) is 9.31. The smallest absolute Gasteiger partial charge is 0.233 e. The van der Waals surface area contributed by atoms with Crippen LogP contribution in [0.1, 0.15) is 30.8 Å². The van der Waals surface area contributed by atoms with Crippen molar-refractivity contribution in [3.8, 4) is 21.5 Å². The van der Waals surface area contributed by atoms with Gasteiger partial charge in [0.15, 0.2) is 0 Å². The highest BCUT2D eigenvalue weighted by Gasteiger charge is 2.25. The van der Waals surface area contributed by atoms with Gasteiger partial charge in [0.1, 0.15) is 10.8 Å². The van der Waals surface area contributed by atoms with Crippen molar-refractivity contribution in [2.75, 3.05) is 19.7 Å². The number of hydrogen-bond acceptors (Lipinski definition) is 8. The standard InChI is InChI=1S/C21H26ClN5O3S/c1-12(2)30-19-5-4-14(8-17(19)22)20-23-24-21(31-20)27-13(3)16-10-26(9-15(29)11-28)7-6-18(16)25-27/h4-5,8,12,15,28-29H,6-7,9-11H2,1-3H3. The Morgan fingerprint density at radius 2 is 2.10 bits per heavy atom. The zero-order valence-electron chi connectivity index (χ0n) is 17.7. The summed E-state index contributed by atoms with van der Waals surface area (Å²) in [4.78, 5) is 2.14. The van der Waals surface area contributed by atoms with E-state index in [9.17, 15) is 5.11 Å². The van der Waals surface area contributed by atoms with E-state index in [0.717, 1.165) is 40.5 Å². The number of aliphatic hydroxyl groups is 2. The number of hydrogen-bond donors (Lipinski definition) is 2. The second-order valence-electron chi connectivity index (χ2n) is 7.95. The van der Waals surface area contributed by atoms with E-state index in [1.807, 2.05) is 43.7 Å². The molecule has 0 saturated heterocycles. The molecule has 1 aliphatic rings. The molecule has 0 saturated carbocycles. The third-order valence-corrected chi connectivity index (χ3v) is 6.43. The molecule has 3 heterocycles. The van der Waals surface area contributed by atoms with E-state index < -0.39 is 6.10 Å². The first kappa shape index (κ1) is 22.2. The minimum atomic E-state index is -0.730. The molecule has 0 fully saturated rings. The molecule has 1 atom stereocenters. The first-order valence-electron chi connectivity index (χ1n) is 10.2. The highest BCUT2D eigenvalue weighted by Crippen LogP contribution is 2.34. The van der Waals surface area contributed by atoms with Crippen LogP contribution < -0.4 is 4.74 Å². The third kappa shape index (κ3) is 4.75. The molecule has 0 bridgehead atoms. The van der Waals surface area contributed by atoms with Crippen LogP contribution in [0.3, 0.4) is 0 Å². The van der Waals surface area contributed by atoms with Gasteiger partial charge in [0.25, 0.3) is 0 Å². The summed E-state index contributed by atoms with van der Waals surface area (Å²) in [7, 11) is 0. The van der Waals surface area contributed by atoms with Gasteiger partial charge in [-0.15, -0.1) is 10.2 Å². The van der Waals surface area contributed by atoms with E-state index in [1.54, 1.807) is 0 Å². The molecule has 1 aliphatic heterocycles. The molecule has 0 aliphatic carbocycles. The van der Waals surface area contributed by atoms with Crippen molar-refractivity contribution in [2.24, 2.45) is 0 Å². The first-order chi connectivity index (χ1) is 14.9. The van der Waals surface area contributed by atoms with Crippen LogP contribution in [0.2, 0.25) is 5.02 Å². The fourth-order valence-corrected chi connectivity index (χ4v) is 4.74. The topological polar surface area (TPSA) is 96.5 Å². The number of aliphatic hydroxyl groups excluding tert-OH is 2. The van der Waals surface area contributed by atoms with Crippen molar-refractivity contribution in [1.82, 2.24) is 24.9 Å². The van der Waals surface area contributed by atoms with E-state index in [4.69, 9.17) is 26.5 Å². The molecule has 1 unspecified atom stereocenters. The molecule has 31 heavy (non-hydrogen) atoms. The highest BCUT2D eigenvalue weighted by molar-refractivity contribution is 7.17. The largest absolute Gasteiger partial charge is 0.489 e. The van der Waals surface area contributed by atoms with Crippen LogP contribution >= 0.6 is 22.9 Å². The molecule has 8 nitrogen and oxygen atoms in total. The highest BCUT2D eigenvalue weighted by atomic mass is 35.5. The normalized spacial score (nSPS) is 15.3. The molecule has 2 aromatic heterocycles. The van der Waals surface area contributed by atoms with Gasteiger partial charge in [0, 0.05) is 42.9 Å². The number of β-amino-alcohol motifs (C(OH)–C–C–N with tert-alkyl or cyclic N) is 1. The predicted octanol–water partition coefficient (Wildman–Crippen LogP) is 2.85. The van der Waals surface area contributed by atoms with E-state index >= 15 is 0 Å². The van der Waals surface area contributed by atoms with Crippen LogP contribution in [0.25, 0.3) is 15.7 Å². The molecule has 1 aromatic carbocycles. The van der Waals surface area contributed by atoms with Crippen molar-refractivity contribution in [1.29, 1.82) is 0 Å². The Labute approximate surface area is 190 Å². The number of halogens is 1. The van der Waals surface area contributed by atoms with E-state index in [2.05, 4.69) is 15.1 Å². The lowest BCUT2D eigenvalue weighted by molar-refractivity contribution is 0.0549. The third-order valence-electron chi connectivity index (χ3n) is 5.19. The monoisotopic (exact) mass is 463 g/mol. The van der Waals surface area contributed by atoms with Crippen LogP contribution in [-0.4, -0.2) is 67.0 Å². The van der Waals surface area contributed by atoms with Gasteiger partial charge in [-0.05, 0) is 39.0 Å². The molecule has 166 valence electrons. The first-order valence-corrected chi connectivity index (χ1v) is 11.4. The Morgan fingerprint density at radius 3 is 2.81 bits per heavy atom. The van der Waals surface area contributed by atoms with Crippen LogP contribution in [0.5, 0.6) is 5.75 Å². The maximum absolute atomic E-state index is 9.75. The summed E-state index contributed by atoms with van der Waals surface area (Å²) < 4.78 is 7.54. The van der Waals surface area contributed by atoms with Gasteiger partial charge < -0.3 is 14.9 Å². The molecule has 10 heteroatoms. The Morgan fingerprint density at radius 1 is 1.29 bits per heavy atom. The van der Waals surface area contributed by atoms with Crippen LogP contribution in [0.4, 0.5) is 0 Å². The van der Waals surface area contributed by atoms with Crippen LogP contribution in [0.15, 0.2) is 18.2 Å². The van der Waals surface area contributed by atoms with Crippen molar-refractivity contribution in [3.05, 3.63) is 40.2 Å². The molecule has 3 aromatic rings. The quantitative estimate of drug-likeness (QED) is 0.556. The maximum Gasteiger partial charge on any atom is 0.233 e. The van der Waals surface area contributed by atoms with Crippen molar-refractivity contribution in [3.63, 3.8) is 0 Å². The van der Waals surface area contributed by atoms with Gasteiger partial charge in [-0.1, -0.05) is 22.9 Å². The Bertz CT molecular complexity index is 1070. The summed E-state index contributed by atoms with van der Waals surface area (Å²) in [5.41, 5.74) is 4.08. The second kappa shape index (κ2) is 9.22. The fraction of sp³-hybridized carbons (Fsp3) is 0.476. The SMILES string of the molecule is Cc1c2c(nn1-c1nnc(-c3ccc(OC(C)C)c(Cl)c3)s1)CCN(CC(O)CO)C2. The number of benzene rings is 1. The van der Waals surface area contributed by atoms with Gasteiger partial charge in [-0.3, -0.25) is 4.90 Å². The van der Waals surface area contributed by atoms with Crippen LogP contribution in [-0.2, 0) is 13.0 Å². The summed E-state index contributed by atoms with van der Waals surface area (Å²) in [5, 5.41) is 34.3. The van der Waals surface area contributed by atoms with Crippen molar-refractivity contribution < 1.29 is 14.9 Å². The average molecular weight is 464 g/mol. The summed E-state index contributed by atoms with van der Waals surface area (Å²) in [5.74, 6) is 0.650. The van der Waals surface area contributed by atoms with E-state index in [1.165, 1.54) is 11.3 Å². The lowest BCUT2D eigenvalue weighted by Gasteiger charge is -2.27. The number of aromatic nitrogens is 4.